The number of nitrogens with one attached hydrogen (secondary N) is 4. The summed E-state index contributed by atoms with van der Waals surface area (Å²) >= 11 is 0. The minimum absolute atomic E-state index is 0.200. The van der Waals surface area contributed by atoms with E-state index >= 15 is 8.78 Å². The summed E-state index contributed by atoms with van der Waals surface area (Å²) in [5, 5.41) is 19.8. The van der Waals surface area contributed by atoms with E-state index in [4.69, 9.17) is 14.5 Å². The number of fused-ring (bicyclic) bond motifs is 2. The Morgan fingerprint density at radius 1 is 0.803 bits per heavy atom. The summed E-state index contributed by atoms with van der Waals surface area (Å²) in [7, 11) is 1.94. The molecule has 3 aliphatic rings. The van der Waals surface area contributed by atoms with Gasteiger partial charge in [-0.2, -0.15) is 22.0 Å². The number of rotatable bonds is 19. The number of alkyl carbamates (subject to hydrolysis) is 2. The van der Waals surface area contributed by atoms with Crippen molar-refractivity contribution in [1.29, 1.82) is 0 Å². The predicted molar refractivity (Wildman–Crippen MR) is 262 cm³/mol. The Morgan fingerprint density at radius 3 is 1.89 bits per heavy atom. The number of imidazole rings is 1. The maximum Gasteiger partial charge on any atom is 0.407 e. The summed E-state index contributed by atoms with van der Waals surface area (Å²) in [5.74, 6) is -4.01. The standard InChI is InChI=1S/C51H63F7N10O8/c1-49(2,3)42(62-47(72)74-6)45(71)64-67(22-35-36(52)17-31(18-37(35)53)39-23-66(27-60-39)46(54)55)24-40(69)38(61-44(70)43(63-48(73)75-7)50(4,5)51(56,57)58)16-28-8-10-29(11-9-28)30-12-15-41(59-19-30)65-20-32-13-14-33(21-65)68(32)34-25-76-26-34/h8-12,15,17-19,23,27,32-34,38,40,42-43,46,69H,13-14,16,20-22,24-26H2,1-7H3,(H,61,70)(H,62,72)(H,63,73)(H,64,71)/t32?,33?,38-,40-,42+,43+/m0/s1. The van der Waals surface area contributed by atoms with Crippen molar-refractivity contribution in [1.82, 2.24) is 45.8 Å². The molecule has 6 atom stereocenters. The average Bonchev–Trinajstić information content (AvgIpc) is 3.94. The molecule has 25 heteroatoms. The van der Waals surface area contributed by atoms with Crippen LogP contribution in [0.25, 0.3) is 22.4 Å². The van der Waals surface area contributed by atoms with Gasteiger partial charge in [0.25, 0.3) is 5.91 Å². The lowest BCUT2D eigenvalue weighted by Gasteiger charge is -2.48. The summed E-state index contributed by atoms with van der Waals surface area (Å²) in [6, 6.07) is 8.31. The second-order valence-corrected chi connectivity index (χ2v) is 20.9. The van der Waals surface area contributed by atoms with Crippen LogP contribution in [0.3, 0.4) is 0 Å². The highest BCUT2D eigenvalue weighted by molar-refractivity contribution is 5.87. The fourth-order valence-corrected chi connectivity index (χ4v) is 9.67. The van der Waals surface area contributed by atoms with Crippen LogP contribution < -0.4 is 26.3 Å². The third-order valence-corrected chi connectivity index (χ3v) is 14.2. The van der Waals surface area contributed by atoms with Crippen molar-refractivity contribution in [3.8, 4) is 22.4 Å². The van der Waals surface area contributed by atoms with Gasteiger partial charge >= 0.3 is 24.9 Å². The summed E-state index contributed by atoms with van der Waals surface area (Å²) in [4.78, 5) is 66.5. The van der Waals surface area contributed by atoms with Gasteiger partial charge in [0.05, 0.1) is 63.1 Å². The van der Waals surface area contributed by atoms with Gasteiger partial charge < -0.3 is 40.2 Å². The quantitative estimate of drug-likeness (QED) is 0.0515. The number of ether oxygens (including phenoxy) is 3. The number of amides is 4. The molecule has 3 aliphatic heterocycles. The third kappa shape index (κ3) is 13.1. The minimum Gasteiger partial charge on any atom is -0.453 e. The van der Waals surface area contributed by atoms with Gasteiger partial charge in [0.1, 0.15) is 29.5 Å². The first-order chi connectivity index (χ1) is 35.8. The molecule has 2 bridgehead atoms. The molecule has 76 heavy (non-hydrogen) atoms. The van der Waals surface area contributed by atoms with Crippen LogP contribution in [-0.2, 0) is 36.8 Å². The average molecular weight is 1080 g/mol. The maximum absolute atomic E-state index is 16.0. The van der Waals surface area contributed by atoms with Crippen LogP contribution in [0.5, 0.6) is 0 Å². The zero-order valence-electron chi connectivity index (χ0n) is 43.0. The highest BCUT2D eigenvalue weighted by Crippen LogP contribution is 2.41. The number of halogens is 7. The molecule has 5 heterocycles. The van der Waals surface area contributed by atoms with E-state index in [1.807, 2.05) is 17.4 Å². The number of nitrogens with zero attached hydrogens (tertiary/aromatic N) is 6. The number of carbonyl (C=O) groups excluding carboxylic acids is 4. The predicted octanol–water partition coefficient (Wildman–Crippen LogP) is 6.34. The van der Waals surface area contributed by atoms with Crippen LogP contribution in [0.1, 0.15) is 65.1 Å². The van der Waals surface area contributed by atoms with Crippen LogP contribution in [-0.4, -0.2) is 149 Å². The summed E-state index contributed by atoms with van der Waals surface area (Å²) in [6.45, 7) is 4.66. The molecule has 2 unspecified atom stereocenters. The van der Waals surface area contributed by atoms with Crippen molar-refractivity contribution in [2.45, 2.75) is 116 Å². The molecule has 414 valence electrons. The van der Waals surface area contributed by atoms with Crippen LogP contribution >= 0.6 is 0 Å². The molecule has 2 aromatic heterocycles. The molecule has 5 N–H and O–H groups in total. The topological polar surface area (TPSA) is 205 Å². The van der Waals surface area contributed by atoms with Gasteiger partial charge in [-0.15, -0.1) is 0 Å². The summed E-state index contributed by atoms with van der Waals surface area (Å²) in [6.07, 6.45) is -4.06. The number of aromatic nitrogens is 3. The van der Waals surface area contributed by atoms with Crippen LogP contribution in [0, 0.1) is 22.5 Å². The number of hydrogen-bond acceptors (Lipinski definition) is 13. The van der Waals surface area contributed by atoms with Crippen LogP contribution in [0.4, 0.5) is 46.1 Å². The highest BCUT2D eigenvalue weighted by atomic mass is 19.4. The molecule has 0 aliphatic carbocycles. The minimum atomic E-state index is -5.08. The number of benzene rings is 2. The molecule has 4 aromatic rings. The van der Waals surface area contributed by atoms with Crippen molar-refractivity contribution in [2.24, 2.45) is 10.8 Å². The molecule has 3 saturated heterocycles. The molecule has 0 saturated carbocycles. The number of methoxy groups -OCH3 is 2. The van der Waals surface area contributed by atoms with Gasteiger partial charge in [-0.3, -0.25) is 24.5 Å². The van der Waals surface area contributed by atoms with Crippen molar-refractivity contribution in [2.75, 3.05) is 52.0 Å². The monoisotopic (exact) mass is 1080 g/mol. The number of piperazine rings is 1. The van der Waals surface area contributed by atoms with E-state index in [-0.39, 0.29) is 17.7 Å². The van der Waals surface area contributed by atoms with Crippen LogP contribution in [0.15, 0.2) is 67.3 Å². The van der Waals surface area contributed by atoms with Gasteiger partial charge in [-0.25, -0.2) is 33.3 Å². The molecule has 0 spiro atoms. The fourth-order valence-electron chi connectivity index (χ4n) is 9.67. The van der Waals surface area contributed by atoms with Gasteiger partial charge in [-0.05, 0) is 73.9 Å². The van der Waals surface area contributed by atoms with Gasteiger partial charge in [0.2, 0.25) is 5.91 Å². The molecule has 3 fully saturated rings. The second-order valence-electron chi connectivity index (χ2n) is 20.9. The van der Waals surface area contributed by atoms with Gasteiger partial charge in [-0.1, -0.05) is 45.0 Å². The van der Waals surface area contributed by atoms with Gasteiger partial charge in [0, 0.05) is 67.3 Å². The van der Waals surface area contributed by atoms with E-state index < -0.39 is 102 Å². The molecule has 7 rings (SSSR count). The van der Waals surface area contributed by atoms with E-state index in [1.54, 1.807) is 51.2 Å². The highest BCUT2D eigenvalue weighted by Gasteiger charge is 2.56. The molecule has 0 radical (unpaired) electrons. The SMILES string of the molecule is COC(=O)N[C@H](C(=O)NN(Cc1c(F)cc(-c2cn(C(F)F)cn2)cc1F)C[C@H](O)[C@H](Cc1ccc(-c2ccc(N3CC4CCC(C3)N4C3COC3)nc2)cc1)NC(=O)[C@@H](NC(=O)OC)C(C)(C)C(F)(F)F)C(C)(C)C. The number of anilines is 1. The van der Waals surface area contributed by atoms with Crippen molar-refractivity contribution < 1.29 is 69.2 Å². The summed E-state index contributed by atoms with van der Waals surface area (Å²) in [5.41, 5.74) is -0.713. The lowest BCUT2D eigenvalue weighted by molar-refractivity contribution is -0.220. The van der Waals surface area contributed by atoms with Gasteiger partial charge in [0.15, 0.2) is 0 Å². The molecule has 18 nitrogen and oxygen atoms in total. The number of hydrogen-bond donors (Lipinski definition) is 5. The Hall–Kier alpha value is -6.57. The third-order valence-electron chi connectivity index (χ3n) is 14.2. The lowest BCUT2D eigenvalue weighted by atomic mass is 9.82. The first-order valence-electron chi connectivity index (χ1n) is 24.5. The zero-order chi connectivity index (χ0) is 55.4. The molecule has 4 amide bonds. The Bertz CT molecular complexity index is 2650. The first kappa shape index (κ1) is 57.1. The number of aliphatic hydroxyl groups excluding tert-OH is 1. The van der Waals surface area contributed by atoms with E-state index in [0.29, 0.717) is 42.1 Å². The van der Waals surface area contributed by atoms with E-state index in [9.17, 15) is 46.2 Å². The van der Waals surface area contributed by atoms with Crippen molar-refractivity contribution in [3.63, 3.8) is 0 Å². The smallest absolute Gasteiger partial charge is 0.407 e. The molecule has 2 aromatic carbocycles. The molecular formula is C51H63F7N10O8. The molecular weight excluding hydrogens is 1010 g/mol. The van der Waals surface area contributed by atoms with Crippen molar-refractivity contribution >= 4 is 29.8 Å². The lowest BCUT2D eigenvalue weighted by Crippen LogP contribution is -2.63. The number of aliphatic hydroxyl groups is 1. The second kappa shape index (κ2) is 23.4. The largest absolute Gasteiger partial charge is 0.453 e. The zero-order valence-corrected chi connectivity index (χ0v) is 43.0. The number of carbonyl (C=O) groups is 4. The maximum atomic E-state index is 16.0. The van der Waals surface area contributed by atoms with Crippen LogP contribution in [0.2, 0.25) is 0 Å². The summed E-state index contributed by atoms with van der Waals surface area (Å²) < 4.78 is 118. The Labute approximate surface area is 434 Å². The first-order valence-corrected chi connectivity index (χ1v) is 24.5. The van der Waals surface area contributed by atoms with E-state index in [1.165, 1.54) is 0 Å². The number of alkyl halides is 5. The van der Waals surface area contributed by atoms with E-state index in [0.717, 1.165) is 100.0 Å². The Morgan fingerprint density at radius 2 is 1.39 bits per heavy atom. The Balaban J connectivity index is 1.18. The number of hydrazine groups is 1. The fraction of sp³-hybridized carbons (Fsp3) is 0.529. The van der Waals surface area contributed by atoms with Crippen molar-refractivity contribution in [3.05, 3.63) is 90.0 Å². The normalized spacial score (nSPS) is 18.9. The number of pyridine rings is 1. The van der Waals surface area contributed by atoms with E-state index in [2.05, 4.69) is 35.6 Å². The Kier molecular flexibility index (Phi) is 17.6.